The lowest BCUT2D eigenvalue weighted by Crippen LogP contribution is -2.73. The van der Waals surface area contributed by atoms with E-state index in [1.807, 2.05) is 93.0 Å². The molecule has 0 bridgehead atoms. The maximum Gasteiger partial charge on any atom is 0.250 e. The Hall–Kier alpha value is -1.98. The molecule has 1 fully saturated rings. The van der Waals surface area contributed by atoms with Gasteiger partial charge in [0.2, 0.25) is 15.7 Å². The molecule has 142 valence electrons. The van der Waals surface area contributed by atoms with Crippen molar-refractivity contribution >= 4 is 45.7 Å². The maximum absolute atomic E-state index is 13.7. The lowest BCUT2D eigenvalue weighted by molar-refractivity contribution is -0.674. The molecule has 0 spiro atoms. The Labute approximate surface area is 177 Å². The Morgan fingerprint density at radius 2 is 1.25 bits per heavy atom. The van der Waals surface area contributed by atoms with Gasteiger partial charge in [0.25, 0.3) is 5.84 Å². The highest BCUT2D eigenvalue weighted by Gasteiger charge is 2.70. The summed E-state index contributed by atoms with van der Waals surface area (Å²) in [7, 11) is 2.54. The van der Waals surface area contributed by atoms with Gasteiger partial charge in [-0.3, -0.25) is 0 Å². The zero-order valence-corrected chi connectivity index (χ0v) is 17.8. The molecule has 28 heavy (non-hydrogen) atoms. The third-order valence-electron chi connectivity index (χ3n) is 4.99. The fourth-order valence-electron chi connectivity index (χ4n) is 3.66. The van der Waals surface area contributed by atoms with Crippen LogP contribution in [0.5, 0.6) is 0 Å². The molecule has 0 aromatic heterocycles. The number of rotatable bonds is 3. The molecule has 0 amide bonds. The zero-order chi connectivity index (χ0) is 19.9. The van der Waals surface area contributed by atoms with Crippen LogP contribution in [-0.4, -0.2) is 28.0 Å². The molecule has 1 unspecified atom stereocenters. The summed E-state index contributed by atoms with van der Waals surface area (Å²) >= 11 is 12.2. The van der Waals surface area contributed by atoms with Crippen LogP contribution in [0.15, 0.2) is 83.9 Å². The normalized spacial score (nSPS) is 21.3. The van der Waals surface area contributed by atoms with E-state index < -0.39 is 15.7 Å². The van der Waals surface area contributed by atoms with E-state index in [0.29, 0.717) is 10.0 Å². The summed E-state index contributed by atoms with van der Waals surface area (Å²) in [5.74, 6) is 0.807. The van der Waals surface area contributed by atoms with Crippen LogP contribution in [0.1, 0.15) is 11.1 Å². The molecule has 1 atom stereocenters. The van der Waals surface area contributed by atoms with Crippen LogP contribution in [-0.2, 0) is 15.7 Å². The van der Waals surface area contributed by atoms with Crippen LogP contribution >= 0.6 is 23.2 Å². The number of hydrogen-bond acceptors (Lipinski definition) is 2. The van der Waals surface area contributed by atoms with E-state index in [2.05, 4.69) is 0 Å². The Morgan fingerprint density at radius 1 is 0.786 bits per heavy atom. The van der Waals surface area contributed by atoms with Gasteiger partial charge < -0.3 is 0 Å². The van der Waals surface area contributed by atoms with Gasteiger partial charge in [0.05, 0.1) is 19.8 Å². The topological polar surface area (TPSA) is 29.4 Å². The van der Waals surface area contributed by atoms with Crippen LogP contribution in [0.25, 0.3) is 0 Å². The van der Waals surface area contributed by atoms with E-state index in [1.54, 1.807) is 0 Å². The minimum Gasteiger partial charge on any atom is -0.198 e. The molecule has 3 aromatic rings. The van der Waals surface area contributed by atoms with Crippen molar-refractivity contribution in [3.63, 3.8) is 0 Å². The first-order valence-corrected chi connectivity index (χ1v) is 10.7. The van der Waals surface area contributed by atoms with E-state index in [9.17, 15) is 4.21 Å². The minimum absolute atomic E-state index is 0.195. The number of benzene rings is 3. The lowest BCUT2D eigenvalue weighted by atomic mass is 9.87. The molecule has 0 saturated carbocycles. The average molecular weight is 430 g/mol. The molecule has 1 aliphatic rings. The second-order valence-electron chi connectivity index (χ2n) is 7.07. The minimum atomic E-state index is -1.30. The van der Waals surface area contributed by atoms with Crippen LogP contribution in [0.3, 0.4) is 0 Å². The van der Waals surface area contributed by atoms with E-state index in [0.717, 1.165) is 22.6 Å². The molecule has 1 aliphatic heterocycles. The number of hydrogen-bond donors (Lipinski definition) is 0. The number of quaternary nitrogens is 1. The van der Waals surface area contributed by atoms with E-state index in [1.165, 1.54) is 0 Å². The molecule has 1 saturated heterocycles. The van der Waals surface area contributed by atoms with Gasteiger partial charge >= 0.3 is 0 Å². The van der Waals surface area contributed by atoms with Gasteiger partial charge in [0, 0.05) is 10.0 Å². The molecule has 0 N–H and O–H groups in total. The van der Waals surface area contributed by atoms with Crippen LogP contribution < -0.4 is 0 Å². The van der Waals surface area contributed by atoms with Crippen molar-refractivity contribution in [3.8, 4) is 0 Å². The third kappa shape index (κ3) is 2.92. The van der Waals surface area contributed by atoms with Gasteiger partial charge in [-0.25, -0.2) is 0 Å². The second-order valence-corrected chi connectivity index (χ2v) is 9.96. The van der Waals surface area contributed by atoms with Crippen molar-refractivity contribution in [1.82, 2.24) is 0 Å². The Bertz CT molecular complexity index is 1020. The number of amidine groups is 1. The standard InChI is InChI=1S/C22H19Cl2N2OS/c1-26(2)21(25-20-6-4-3-5-7-20)22(28(26)27,16-8-12-18(23)13-9-16)17-10-14-19(24)15-11-17/h3-15H,1-2H3/q+1. The molecule has 0 aliphatic carbocycles. The third-order valence-corrected chi connectivity index (χ3v) is 7.68. The molecule has 3 nitrogen and oxygen atoms in total. The first-order valence-electron chi connectivity index (χ1n) is 8.80. The van der Waals surface area contributed by atoms with Gasteiger partial charge in [-0.1, -0.05) is 65.7 Å². The summed E-state index contributed by atoms with van der Waals surface area (Å²) < 4.78 is 13.0. The van der Waals surface area contributed by atoms with E-state index in [-0.39, 0.29) is 3.89 Å². The Kier molecular flexibility index (Phi) is 4.92. The number of likely N-dealkylation sites (N-methyl/N-ethyl adjacent to an activating group) is 1. The number of nitrogens with zero attached hydrogens (tertiary/aromatic N) is 2. The van der Waals surface area contributed by atoms with Crippen LogP contribution in [0.4, 0.5) is 5.69 Å². The van der Waals surface area contributed by atoms with Crippen molar-refractivity contribution in [3.05, 3.63) is 100 Å². The average Bonchev–Trinajstić information content (AvgIpc) is 2.71. The highest BCUT2D eigenvalue weighted by molar-refractivity contribution is 7.84. The van der Waals surface area contributed by atoms with Crippen molar-refractivity contribution < 1.29 is 8.10 Å². The summed E-state index contributed by atoms with van der Waals surface area (Å²) in [5.41, 5.74) is 2.61. The number of halogens is 2. The van der Waals surface area contributed by atoms with Crippen molar-refractivity contribution in [2.75, 3.05) is 14.1 Å². The molecule has 4 rings (SSSR count). The van der Waals surface area contributed by atoms with Gasteiger partial charge in [-0.2, -0.15) is 13.1 Å². The summed E-state index contributed by atoms with van der Waals surface area (Å²) in [5, 5.41) is 1.27. The van der Waals surface area contributed by atoms with E-state index >= 15 is 0 Å². The summed E-state index contributed by atoms with van der Waals surface area (Å²) in [4.78, 5) is 4.95. The Balaban J connectivity index is 2.01. The quantitative estimate of drug-likeness (QED) is 0.489. The summed E-state index contributed by atoms with van der Waals surface area (Å²) in [6.45, 7) is 0. The highest BCUT2D eigenvalue weighted by atomic mass is 35.5. The van der Waals surface area contributed by atoms with Gasteiger partial charge in [0.15, 0.2) is 0 Å². The second kappa shape index (κ2) is 7.12. The van der Waals surface area contributed by atoms with Gasteiger partial charge in [-0.15, -0.1) is 0 Å². The first kappa shape index (κ1) is 19.3. The smallest absolute Gasteiger partial charge is 0.198 e. The summed E-state index contributed by atoms with van der Waals surface area (Å²) in [6, 6.07) is 24.7. The maximum atomic E-state index is 13.7. The van der Waals surface area contributed by atoms with Crippen molar-refractivity contribution in [1.29, 1.82) is 0 Å². The van der Waals surface area contributed by atoms with Gasteiger partial charge in [-0.05, 0) is 47.5 Å². The molecular weight excluding hydrogens is 411 g/mol. The van der Waals surface area contributed by atoms with Crippen molar-refractivity contribution in [2.24, 2.45) is 4.99 Å². The molecule has 0 radical (unpaired) electrons. The molecule has 3 aromatic carbocycles. The number of para-hydroxylation sites is 1. The number of aliphatic imine (C=N–C) groups is 1. The fourth-order valence-corrected chi connectivity index (χ4v) is 5.90. The predicted molar refractivity (Wildman–Crippen MR) is 117 cm³/mol. The predicted octanol–water partition coefficient (Wildman–Crippen LogP) is 5.72. The lowest BCUT2D eigenvalue weighted by Gasteiger charge is -2.50. The SMILES string of the molecule is C[N+]1(C)C(=Nc2ccccc2)C(c2ccc(Cl)cc2)(c2ccc(Cl)cc2)S1=O. The molecular formula is C22H19Cl2N2OS+. The summed E-state index contributed by atoms with van der Waals surface area (Å²) in [6.07, 6.45) is 0. The molecule has 6 heteroatoms. The molecule has 1 heterocycles. The highest BCUT2D eigenvalue weighted by Crippen LogP contribution is 2.51. The van der Waals surface area contributed by atoms with E-state index in [4.69, 9.17) is 28.2 Å². The van der Waals surface area contributed by atoms with Crippen molar-refractivity contribution in [2.45, 2.75) is 4.75 Å². The fraction of sp³-hybridized carbons (Fsp3) is 0.136. The Morgan fingerprint density at radius 3 is 1.71 bits per heavy atom. The zero-order valence-electron chi connectivity index (χ0n) is 15.5. The van der Waals surface area contributed by atoms with Crippen LogP contribution in [0.2, 0.25) is 10.0 Å². The van der Waals surface area contributed by atoms with Crippen LogP contribution in [0, 0.1) is 0 Å². The van der Waals surface area contributed by atoms with Gasteiger partial charge in [0.1, 0.15) is 0 Å². The largest absolute Gasteiger partial charge is 0.250 e. The first-order chi connectivity index (χ1) is 13.4. The monoisotopic (exact) mass is 429 g/mol.